The average molecular weight is 463 g/mol. The zero-order valence-electron chi connectivity index (χ0n) is 19.1. The smallest absolute Gasteiger partial charge is 0.187 e. The third-order valence-electron chi connectivity index (χ3n) is 5.93. The fourth-order valence-electron chi connectivity index (χ4n) is 3.71. The number of aliphatic hydroxyl groups is 6. The minimum absolute atomic E-state index is 0.540. The van der Waals surface area contributed by atoms with Gasteiger partial charge in [0.1, 0.15) is 42.7 Å². The molecule has 0 aromatic rings. The Morgan fingerprint density at radius 3 is 2.19 bits per heavy atom. The largest absolute Gasteiger partial charge is 0.394 e. The molecule has 2 aliphatic rings. The average Bonchev–Trinajstić information content (AvgIpc) is 2.74. The van der Waals surface area contributed by atoms with Crippen molar-refractivity contribution in [2.24, 2.45) is 0 Å². The Labute approximate surface area is 188 Å². The van der Waals surface area contributed by atoms with E-state index in [2.05, 4.69) is 6.58 Å². The standard InChI is InChI=1S/C22H38O10/c1-6-22(5,9-7-8-11(2)3)32-21-18(28)19(15(25)13(10-23)30-21)31-20-17(27)16(26)14(24)12(4)29-20/h6,8,12-21,23-28H,1,7,9-10H2,2-5H3/t12-,13+,14-,15+,16+,17+,18+,19-,20-,21-,22-/m0/s1. The van der Waals surface area contributed by atoms with Crippen molar-refractivity contribution in [2.75, 3.05) is 6.61 Å². The maximum absolute atomic E-state index is 10.9. The first kappa shape index (κ1) is 27.3. The number of aliphatic hydroxyl groups excluding tert-OH is 6. The first-order valence-electron chi connectivity index (χ1n) is 10.9. The fourth-order valence-corrected chi connectivity index (χ4v) is 3.71. The summed E-state index contributed by atoms with van der Waals surface area (Å²) < 4.78 is 22.6. The van der Waals surface area contributed by atoms with Gasteiger partial charge in [-0.3, -0.25) is 0 Å². The Kier molecular flexibility index (Phi) is 9.80. The highest BCUT2D eigenvalue weighted by Crippen LogP contribution is 2.32. The molecule has 2 rings (SSSR count). The summed E-state index contributed by atoms with van der Waals surface area (Å²) in [6, 6.07) is 0. The van der Waals surface area contributed by atoms with Crippen molar-refractivity contribution in [3.05, 3.63) is 24.3 Å². The van der Waals surface area contributed by atoms with E-state index in [9.17, 15) is 30.6 Å². The van der Waals surface area contributed by atoms with Crippen LogP contribution in [0.5, 0.6) is 0 Å². The molecule has 0 aromatic heterocycles. The molecular weight excluding hydrogens is 424 g/mol. The van der Waals surface area contributed by atoms with E-state index in [-0.39, 0.29) is 0 Å². The van der Waals surface area contributed by atoms with Crippen molar-refractivity contribution in [3.8, 4) is 0 Å². The van der Waals surface area contributed by atoms with Crippen LogP contribution in [-0.2, 0) is 18.9 Å². The van der Waals surface area contributed by atoms with Crippen LogP contribution in [0.2, 0.25) is 0 Å². The van der Waals surface area contributed by atoms with Crippen molar-refractivity contribution in [3.63, 3.8) is 0 Å². The molecule has 186 valence electrons. The van der Waals surface area contributed by atoms with E-state index < -0.39 is 73.6 Å². The second kappa shape index (κ2) is 11.5. The lowest BCUT2D eigenvalue weighted by atomic mass is 9.96. The molecule has 0 saturated carbocycles. The summed E-state index contributed by atoms with van der Waals surface area (Å²) in [5.74, 6) is 0. The lowest BCUT2D eigenvalue weighted by Gasteiger charge is -2.47. The van der Waals surface area contributed by atoms with E-state index in [1.165, 1.54) is 6.92 Å². The quantitative estimate of drug-likeness (QED) is 0.243. The van der Waals surface area contributed by atoms with Crippen molar-refractivity contribution in [2.45, 2.75) is 108 Å². The van der Waals surface area contributed by atoms with Gasteiger partial charge in [0, 0.05) is 0 Å². The highest BCUT2D eigenvalue weighted by molar-refractivity contribution is 5.01. The maximum Gasteiger partial charge on any atom is 0.187 e. The Balaban J connectivity index is 2.17. The van der Waals surface area contributed by atoms with E-state index in [0.29, 0.717) is 12.8 Å². The molecular formula is C22H38O10. The molecule has 0 spiro atoms. The molecule has 2 aliphatic heterocycles. The monoisotopic (exact) mass is 462 g/mol. The second-order valence-electron chi connectivity index (χ2n) is 8.94. The molecule has 6 N–H and O–H groups in total. The Morgan fingerprint density at radius 2 is 1.62 bits per heavy atom. The highest BCUT2D eigenvalue weighted by atomic mass is 16.7. The topological polar surface area (TPSA) is 158 Å². The number of ether oxygens (including phenoxy) is 4. The maximum atomic E-state index is 10.9. The van der Waals surface area contributed by atoms with Gasteiger partial charge < -0.3 is 49.6 Å². The van der Waals surface area contributed by atoms with E-state index in [1.54, 1.807) is 13.0 Å². The summed E-state index contributed by atoms with van der Waals surface area (Å²) in [5.41, 5.74) is 0.259. The van der Waals surface area contributed by atoms with Crippen LogP contribution in [0, 0.1) is 0 Å². The molecule has 0 amide bonds. The van der Waals surface area contributed by atoms with Gasteiger partial charge in [-0.1, -0.05) is 17.7 Å². The molecule has 0 radical (unpaired) electrons. The Bertz CT molecular complexity index is 638. The first-order valence-corrected chi connectivity index (χ1v) is 10.9. The van der Waals surface area contributed by atoms with Gasteiger partial charge in [-0.2, -0.15) is 0 Å². The third kappa shape index (κ3) is 6.35. The molecule has 11 atom stereocenters. The Hall–Kier alpha value is -0.920. The molecule has 2 fully saturated rings. The number of allylic oxidation sites excluding steroid dienone is 2. The van der Waals surface area contributed by atoms with Crippen LogP contribution in [0.1, 0.15) is 40.5 Å². The van der Waals surface area contributed by atoms with E-state index in [1.807, 2.05) is 19.9 Å². The number of hydrogen-bond acceptors (Lipinski definition) is 10. The predicted octanol–water partition coefficient (Wildman–Crippen LogP) is -0.654. The van der Waals surface area contributed by atoms with Crippen LogP contribution >= 0.6 is 0 Å². The van der Waals surface area contributed by atoms with Crippen LogP contribution in [0.4, 0.5) is 0 Å². The molecule has 32 heavy (non-hydrogen) atoms. The van der Waals surface area contributed by atoms with Crippen molar-refractivity contribution >= 4 is 0 Å². The number of rotatable bonds is 9. The van der Waals surface area contributed by atoms with Gasteiger partial charge in [-0.05, 0) is 40.5 Å². The van der Waals surface area contributed by atoms with Gasteiger partial charge in [0.05, 0.1) is 18.3 Å². The molecule has 0 bridgehead atoms. The van der Waals surface area contributed by atoms with Gasteiger partial charge >= 0.3 is 0 Å². The summed E-state index contributed by atoms with van der Waals surface area (Å²) in [5, 5.41) is 61.2. The summed E-state index contributed by atoms with van der Waals surface area (Å²) in [6.07, 6.45) is -8.77. The Morgan fingerprint density at radius 1 is 0.969 bits per heavy atom. The SMILES string of the molecule is C=C[C@@](C)(CCC=C(C)C)O[C@@H]1O[C@H](CO)[C@@H](O)[C@H](O[C@@H]2O[C@@H](C)[C@H](O)[C@@H](O)[C@H]2O)[C@H]1O. The summed E-state index contributed by atoms with van der Waals surface area (Å²) in [4.78, 5) is 0. The van der Waals surface area contributed by atoms with E-state index in [0.717, 1.165) is 5.57 Å². The predicted molar refractivity (Wildman–Crippen MR) is 113 cm³/mol. The summed E-state index contributed by atoms with van der Waals surface area (Å²) in [7, 11) is 0. The van der Waals surface area contributed by atoms with E-state index >= 15 is 0 Å². The normalized spacial score (nSPS) is 42.2. The molecule has 0 aromatic carbocycles. The van der Waals surface area contributed by atoms with Gasteiger partial charge in [0.25, 0.3) is 0 Å². The van der Waals surface area contributed by atoms with Crippen LogP contribution in [0.15, 0.2) is 24.3 Å². The fraction of sp³-hybridized carbons (Fsp3) is 0.818. The zero-order chi connectivity index (χ0) is 24.2. The second-order valence-corrected chi connectivity index (χ2v) is 8.94. The van der Waals surface area contributed by atoms with Gasteiger partial charge in [-0.15, -0.1) is 6.58 Å². The molecule has 10 heteroatoms. The highest BCUT2D eigenvalue weighted by Gasteiger charge is 2.51. The van der Waals surface area contributed by atoms with Crippen molar-refractivity contribution in [1.82, 2.24) is 0 Å². The molecule has 0 unspecified atom stereocenters. The van der Waals surface area contributed by atoms with Crippen LogP contribution in [0.25, 0.3) is 0 Å². The summed E-state index contributed by atoms with van der Waals surface area (Å²) >= 11 is 0. The van der Waals surface area contributed by atoms with E-state index in [4.69, 9.17) is 18.9 Å². The summed E-state index contributed by atoms with van der Waals surface area (Å²) in [6.45, 7) is 10.4. The molecule has 2 saturated heterocycles. The first-order chi connectivity index (χ1) is 14.9. The van der Waals surface area contributed by atoms with Crippen molar-refractivity contribution in [1.29, 1.82) is 0 Å². The zero-order valence-corrected chi connectivity index (χ0v) is 19.1. The van der Waals surface area contributed by atoms with Gasteiger partial charge in [0.15, 0.2) is 12.6 Å². The van der Waals surface area contributed by atoms with Crippen LogP contribution < -0.4 is 0 Å². The minimum Gasteiger partial charge on any atom is -0.394 e. The lowest BCUT2D eigenvalue weighted by molar-refractivity contribution is -0.364. The van der Waals surface area contributed by atoms with Gasteiger partial charge in [-0.25, -0.2) is 0 Å². The number of hydrogen-bond donors (Lipinski definition) is 6. The lowest BCUT2D eigenvalue weighted by Crippen LogP contribution is -2.64. The molecule has 0 aliphatic carbocycles. The minimum atomic E-state index is -1.63. The van der Waals surface area contributed by atoms with Gasteiger partial charge in [0.2, 0.25) is 0 Å². The third-order valence-corrected chi connectivity index (χ3v) is 5.93. The van der Waals surface area contributed by atoms with Crippen LogP contribution in [-0.4, -0.2) is 104 Å². The molecule has 2 heterocycles. The molecule has 10 nitrogen and oxygen atoms in total. The van der Waals surface area contributed by atoms with Crippen LogP contribution in [0.3, 0.4) is 0 Å². The van der Waals surface area contributed by atoms with Crippen molar-refractivity contribution < 1.29 is 49.6 Å².